The molecule has 1 aromatic rings. The average molecular weight is 268 g/mol. The lowest BCUT2D eigenvalue weighted by Crippen LogP contribution is -2.25. The molecular weight excluding hydrogens is 244 g/mol. The number of hydrogen-bond donors (Lipinski definition) is 2. The molecule has 0 aliphatic carbocycles. The van der Waals surface area contributed by atoms with Crippen LogP contribution >= 0.6 is 0 Å². The molecule has 0 spiro atoms. The Bertz CT molecular complexity index is 369. The van der Waals surface area contributed by atoms with Gasteiger partial charge in [-0.1, -0.05) is 0 Å². The number of aromatic nitrogens is 3. The van der Waals surface area contributed by atoms with Gasteiger partial charge in [-0.05, 0) is 26.7 Å². The summed E-state index contributed by atoms with van der Waals surface area (Å²) >= 11 is 0. The zero-order valence-electron chi connectivity index (χ0n) is 12.0. The molecular formula is C12H24N6O. The summed E-state index contributed by atoms with van der Waals surface area (Å²) in [5, 5.41) is 3.16. The average Bonchev–Trinajstić information content (AvgIpc) is 2.39. The molecule has 0 atom stereocenters. The Morgan fingerprint density at radius 2 is 1.89 bits per heavy atom. The maximum atomic E-state index is 5.71. The molecule has 0 amide bonds. The van der Waals surface area contributed by atoms with Crippen LogP contribution in [0.5, 0.6) is 0 Å². The van der Waals surface area contributed by atoms with E-state index in [0.717, 1.165) is 39.1 Å². The van der Waals surface area contributed by atoms with Crippen molar-refractivity contribution in [1.29, 1.82) is 0 Å². The minimum Gasteiger partial charge on any atom is -0.385 e. The first-order valence-corrected chi connectivity index (χ1v) is 6.70. The summed E-state index contributed by atoms with van der Waals surface area (Å²) in [5.74, 6) is 1.40. The van der Waals surface area contributed by atoms with Crippen LogP contribution in [0.2, 0.25) is 0 Å². The number of nitrogen functional groups attached to an aromatic ring is 1. The quantitative estimate of drug-likeness (QED) is 0.649. The second-order valence-electron chi connectivity index (χ2n) is 4.12. The highest BCUT2D eigenvalue weighted by Crippen LogP contribution is 2.11. The minimum absolute atomic E-state index is 0.247. The largest absolute Gasteiger partial charge is 0.385 e. The number of ether oxygens (including phenoxy) is 1. The van der Waals surface area contributed by atoms with E-state index >= 15 is 0 Å². The van der Waals surface area contributed by atoms with Crippen molar-refractivity contribution in [3.8, 4) is 0 Å². The summed E-state index contributed by atoms with van der Waals surface area (Å²) in [7, 11) is 1.70. The molecule has 7 heteroatoms. The Balaban J connectivity index is 2.58. The number of hydrogen-bond acceptors (Lipinski definition) is 7. The van der Waals surface area contributed by atoms with Gasteiger partial charge >= 0.3 is 0 Å². The number of unbranched alkanes of at least 4 members (excludes halogenated alkanes) is 1. The van der Waals surface area contributed by atoms with Gasteiger partial charge in [0.15, 0.2) is 0 Å². The van der Waals surface area contributed by atoms with Crippen molar-refractivity contribution in [2.45, 2.75) is 26.7 Å². The molecule has 0 bridgehead atoms. The maximum absolute atomic E-state index is 5.71. The Morgan fingerprint density at radius 3 is 2.53 bits per heavy atom. The Kier molecular flexibility index (Phi) is 6.88. The molecule has 0 aliphatic rings. The van der Waals surface area contributed by atoms with E-state index in [9.17, 15) is 0 Å². The third kappa shape index (κ3) is 5.25. The third-order valence-corrected chi connectivity index (χ3v) is 2.75. The Hall–Kier alpha value is -1.63. The second-order valence-corrected chi connectivity index (χ2v) is 4.12. The van der Waals surface area contributed by atoms with Crippen molar-refractivity contribution in [2.75, 3.05) is 49.3 Å². The van der Waals surface area contributed by atoms with Gasteiger partial charge in [-0.2, -0.15) is 15.0 Å². The van der Waals surface area contributed by atoms with Gasteiger partial charge in [-0.25, -0.2) is 0 Å². The molecule has 0 aromatic carbocycles. The van der Waals surface area contributed by atoms with Crippen molar-refractivity contribution < 1.29 is 4.74 Å². The molecule has 19 heavy (non-hydrogen) atoms. The van der Waals surface area contributed by atoms with Crippen molar-refractivity contribution in [3.05, 3.63) is 0 Å². The lowest BCUT2D eigenvalue weighted by molar-refractivity contribution is 0.193. The first-order valence-electron chi connectivity index (χ1n) is 6.70. The number of anilines is 3. The van der Waals surface area contributed by atoms with E-state index < -0.39 is 0 Å². The van der Waals surface area contributed by atoms with Crippen LogP contribution in [0.25, 0.3) is 0 Å². The second kappa shape index (κ2) is 8.47. The van der Waals surface area contributed by atoms with E-state index in [-0.39, 0.29) is 5.95 Å². The molecule has 1 rings (SSSR count). The predicted octanol–water partition coefficient (Wildman–Crippen LogP) is 1.14. The highest BCUT2D eigenvalue weighted by Gasteiger charge is 2.09. The fourth-order valence-electron chi connectivity index (χ4n) is 1.68. The monoisotopic (exact) mass is 268 g/mol. The van der Waals surface area contributed by atoms with Crippen LogP contribution < -0.4 is 16.0 Å². The van der Waals surface area contributed by atoms with E-state index in [1.165, 1.54) is 0 Å². The van der Waals surface area contributed by atoms with Crippen LogP contribution in [0.1, 0.15) is 26.7 Å². The van der Waals surface area contributed by atoms with Gasteiger partial charge in [0.2, 0.25) is 17.8 Å². The van der Waals surface area contributed by atoms with E-state index in [2.05, 4.69) is 34.1 Å². The van der Waals surface area contributed by atoms with Gasteiger partial charge in [0.25, 0.3) is 0 Å². The van der Waals surface area contributed by atoms with Gasteiger partial charge in [0.05, 0.1) is 0 Å². The molecule has 0 saturated carbocycles. The molecule has 1 heterocycles. The van der Waals surface area contributed by atoms with Gasteiger partial charge in [-0.3, -0.25) is 0 Å². The molecule has 0 radical (unpaired) electrons. The third-order valence-electron chi connectivity index (χ3n) is 2.75. The normalized spacial score (nSPS) is 10.5. The number of nitrogens with two attached hydrogens (primary N) is 1. The first-order chi connectivity index (χ1) is 9.21. The van der Waals surface area contributed by atoms with Gasteiger partial charge in [0.1, 0.15) is 0 Å². The molecule has 3 N–H and O–H groups in total. The highest BCUT2D eigenvalue weighted by atomic mass is 16.5. The fraction of sp³-hybridized carbons (Fsp3) is 0.750. The minimum atomic E-state index is 0.247. The summed E-state index contributed by atoms with van der Waals surface area (Å²) < 4.78 is 5.00. The SMILES string of the molecule is CCN(CC)c1nc(N)nc(NCCCCOC)n1. The van der Waals surface area contributed by atoms with E-state index in [1.54, 1.807) is 7.11 Å². The summed E-state index contributed by atoms with van der Waals surface area (Å²) in [6, 6.07) is 0. The number of nitrogens with zero attached hydrogens (tertiary/aromatic N) is 4. The fourth-order valence-corrected chi connectivity index (χ4v) is 1.68. The highest BCUT2D eigenvalue weighted by molar-refractivity contribution is 5.41. The standard InChI is InChI=1S/C12H24N6O/c1-4-18(5-2)12-16-10(13)15-11(17-12)14-8-6-7-9-19-3/h4-9H2,1-3H3,(H3,13,14,15,16,17). The van der Waals surface area contributed by atoms with Crippen molar-refractivity contribution in [1.82, 2.24) is 15.0 Å². The lowest BCUT2D eigenvalue weighted by atomic mass is 10.3. The van der Waals surface area contributed by atoms with Crippen molar-refractivity contribution in [2.24, 2.45) is 0 Å². The number of methoxy groups -OCH3 is 1. The number of rotatable bonds is 9. The van der Waals surface area contributed by atoms with Gasteiger partial charge < -0.3 is 20.7 Å². The van der Waals surface area contributed by atoms with E-state index in [1.807, 2.05) is 4.90 Å². The molecule has 7 nitrogen and oxygen atoms in total. The van der Waals surface area contributed by atoms with Crippen LogP contribution in [-0.4, -0.2) is 48.3 Å². The smallest absolute Gasteiger partial charge is 0.231 e. The Morgan fingerprint density at radius 1 is 1.16 bits per heavy atom. The van der Waals surface area contributed by atoms with Crippen molar-refractivity contribution >= 4 is 17.8 Å². The number of nitrogens with one attached hydrogen (secondary N) is 1. The summed E-state index contributed by atoms with van der Waals surface area (Å²) in [4.78, 5) is 14.7. The van der Waals surface area contributed by atoms with Crippen molar-refractivity contribution in [3.63, 3.8) is 0 Å². The molecule has 0 saturated heterocycles. The van der Waals surface area contributed by atoms with Crippen LogP contribution in [-0.2, 0) is 4.74 Å². The van der Waals surface area contributed by atoms with Crippen LogP contribution in [0.15, 0.2) is 0 Å². The summed E-state index contributed by atoms with van der Waals surface area (Å²) in [5.41, 5.74) is 5.71. The molecule has 108 valence electrons. The summed E-state index contributed by atoms with van der Waals surface area (Å²) in [6.07, 6.45) is 2.01. The van der Waals surface area contributed by atoms with Crippen LogP contribution in [0.3, 0.4) is 0 Å². The first kappa shape index (κ1) is 15.4. The molecule has 0 aliphatic heterocycles. The lowest BCUT2D eigenvalue weighted by Gasteiger charge is -2.19. The zero-order chi connectivity index (χ0) is 14.1. The predicted molar refractivity (Wildman–Crippen MR) is 77.4 cm³/mol. The van der Waals surface area contributed by atoms with E-state index in [4.69, 9.17) is 10.5 Å². The Labute approximate surface area is 114 Å². The van der Waals surface area contributed by atoms with Gasteiger partial charge in [-0.15, -0.1) is 0 Å². The zero-order valence-corrected chi connectivity index (χ0v) is 12.0. The topological polar surface area (TPSA) is 89.2 Å². The maximum Gasteiger partial charge on any atom is 0.231 e. The molecule has 0 fully saturated rings. The van der Waals surface area contributed by atoms with Gasteiger partial charge in [0, 0.05) is 33.4 Å². The van der Waals surface area contributed by atoms with Crippen LogP contribution in [0, 0.1) is 0 Å². The van der Waals surface area contributed by atoms with Crippen LogP contribution in [0.4, 0.5) is 17.8 Å². The molecule has 1 aromatic heterocycles. The molecule has 0 unspecified atom stereocenters. The van der Waals surface area contributed by atoms with E-state index in [0.29, 0.717) is 11.9 Å². The summed E-state index contributed by atoms with van der Waals surface area (Å²) in [6.45, 7) is 7.36.